The molecule has 2 aromatic carbocycles. The van der Waals surface area contributed by atoms with Gasteiger partial charge in [0.15, 0.2) is 0 Å². The highest BCUT2D eigenvalue weighted by Gasteiger charge is 2.13. The van der Waals surface area contributed by atoms with Gasteiger partial charge in [-0.2, -0.15) is 0 Å². The Bertz CT molecular complexity index is 807. The summed E-state index contributed by atoms with van der Waals surface area (Å²) in [5, 5.41) is 3.04. The molecule has 0 heterocycles. The van der Waals surface area contributed by atoms with E-state index in [1.54, 1.807) is 24.3 Å². The van der Waals surface area contributed by atoms with Gasteiger partial charge in [0.2, 0.25) is 15.9 Å². The van der Waals surface area contributed by atoms with E-state index in [0.717, 1.165) is 0 Å². The molecule has 0 bridgehead atoms. The quantitative estimate of drug-likeness (QED) is 0.736. The van der Waals surface area contributed by atoms with E-state index in [-0.39, 0.29) is 24.0 Å². The molecule has 8 heteroatoms. The van der Waals surface area contributed by atoms with Crippen molar-refractivity contribution in [3.8, 4) is 5.75 Å². The zero-order chi connectivity index (χ0) is 17.6. The van der Waals surface area contributed by atoms with E-state index in [9.17, 15) is 13.2 Å². The minimum absolute atomic E-state index is 0.0982. The number of hydrogen-bond acceptors (Lipinski definition) is 4. The number of nitrogens with one attached hydrogen (secondary N) is 2. The maximum absolute atomic E-state index is 12.2. The molecule has 0 aliphatic heterocycles. The Balaban J connectivity index is 1.89. The van der Waals surface area contributed by atoms with Gasteiger partial charge < -0.3 is 10.1 Å². The molecule has 1 amide bonds. The first-order valence-corrected chi connectivity index (χ1v) is 8.99. The first-order valence-electron chi connectivity index (χ1n) is 7.13. The lowest BCUT2D eigenvalue weighted by Crippen LogP contribution is -2.28. The molecular formula is C16H17ClN2O4S. The van der Waals surface area contributed by atoms with E-state index in [2.05, 4.69) is 10.0 Å². The highest BCUT2D eigenvalue weighted by molar-refractivity contribution is 7.89. The summed E-state index contributed by atoms with van der Waals surface area (Å²) in [4.78, 5) is 11.1. The molecule has 0 aromatic heterocycles. The van der Waals surface area contributed by atoms with Crippen molar-refractivity contribution in [2.45, 2.75) is 11.8 Å². The standard InChI is InChI=1S/C16H17ClN2O4S/c1-12(20)19-13-6-8-14(9-7-13)24(21,22)18-10-11-23-16-5-3-2-4-15(16)17/h2-9,18H,10-11H2,1H3,(H,19,20). The molecule has 0 unspecified atom stereocenters. The average Bonchev–Trinajstić information content (AvgIpc) is 2.53. The van der Waals surface area contributed by atoms with Gasteiger partial charge in [-0.3, -0.25) is 4.79 Å². The number of benzene rings is 2. The summed E-state index contributed by atoms with van der Waals surface area (Å²) in [7, 11) is -3.65. The van der Waals surface area contributed by atoms with Crippen LogP contribution in [0.2, 0.25) is 5.02 Å². The SMILES string of the molecule is CC(=O)Nc1ccc(S(=O)(=O)NCCOc2ccccc2Cl)cc1. The van der Waals surface area contributed by atoms with Gasteiger partial charge >= 0.3 is 0 Å². The summed E-state index contributed by atoms with van der Waals surface area (Å²) >= 11 is 5.95. The summed E-state index contributed by atoms with van der Waals surface area (Å²) in [6.07, 6.45) is 0. The van der Waals surface area contributed by atoms with E-state index < -0.39 is 10.0 Å². The monoisotopic (exact) mass is 368 g/mol. The Morgan fingerprint density at radius 3 is 2.42 bits per heavy atom. The Morgan fingerprint density at radius 1 is 1.12 bits per heavy atom. The van der Waals surface area contributed by atoms with Gasteiger partial charge in [-0.15, -0.1) is 0 Å². The molecule has 0 atom stereocenters. The van der Waals surface area contributed by atoms with Crippen LogP contribution in [-0.4, -0.2) is 27.5 Å². The van der Waals surface area contributed by atoms with Crippen molar-refractivity contribution in [2.75, 3.05) is 18.5 Å². The zero-order valence-corrected chi connectivity index (χ0v) is 14.5. The number of amides is 1. The molecule has 2 aromatic rings. The fourth-order valence-corrected chi connectivity index (χ4v) is 3.11. The number of para-hydroxylation sites is 1. The molecule has 2 rings (SSSR count). The highest BCUT2D eigenvalue weighted by Crippen LogP contribution is 2.22. The van der Waals surface area contributed by atoms with Crippen molar-refractivity contribution in [2.24, 2.45) is 0 Å². The number of anilines is 1. The highest BCUT2D eigenvalue weighted by atomic mass is 35.5. The first kappa shape index (κ1) is 18.3. The van der Waals surface area contributed by atoms with Gasteiger partial charge in [0.05, 0.1) is 9.92 Å². The second-order valence-corrected chi connectivity index (χ2v) is 7.06. The third kappa shape index (κ3) is 5.23. The van der Waals surface area contributed by atoms with Crippen molar-refractivity contribution in [1.29, 1.82) is 0 Å². The topological polar surface area (TPSA) is 84.5 Å². The van der Waals surface area contributed by atoms with Gasteiger partial charge in [-0.1, -0.05) is 23.7 Å². The summed E-state index contributed by atoms with van der Waals surface area (Å²) in [6, 6.07) is 12.8. The third-order valence-corrected chi connectivity index (χ3v) is 4.76. The van der Waals surface area contributed by atoms with Gasteiger partial charge in [0, 0.05) is 19.2 Å². The molecule has 0 aliphatic carbocycles. The molecule has 0 spiro atoms. The van der Waals surface area contributed by atoms with Crippen LogP contribution in [0.4, 0.5) is 5.69 Å². The van der Waals surface area contributed by atoms with Crippen LogP contribution in [-0.2, 0) is 14.8 Å². The Hall–Kier alpha value is -2.09. The van der Waals surface area contributed by atoms with Crippen molar-refractivity contribution in [3.05, 3.63) is 53.6 Å². The van der Waals surface area contributed by atoms with Gasteiger partial charge in [-0.05, 0) is 36.4 Å². The van der Waals surface area contributed by atoms with Crippen molar-refractivity contribution < 1.29 is 17.9 Å². The van der Waals surface area contributed by atoms with Crippen LogP contribution in [0.3, 0.4) is 0 Å². The van der Waals surface area contributed by atoms with Crippen molar-refractivity contribution >= 4 is 33.2 Å². The number of rotatable bonds is 7. The van der Waals surface area contributed by atoms with E-state index >= 15 is 0 Å². The average molecular weight is 369 g/mol. The summed E-state index contributed by atoms with van der Waals surface area (Å²) in [5.41, 5.74) is 0.531. The summed E-state index contributed by atoms with van der Waals surface area (Å²) in [6.45, 7) is 1.62. The maximum atomic E-state index is 12.2. The maximum Gasteiger partial charge on any atom is 0.240 e. The molecule has 0 aliphatic rings. The van der Waals surface area contributed by atoms with Gasteiger partial charge in [0.25, 0.3) is 0 Å². The number of carbonyl (C=O) groups is 1. The zero-order valence-electron chi connectivity index (χ0n) is 13.0. The molecule has 24 heavy (non-hydrogen) atoms. The number of carbonyl (C=O) groups excluding carboxylic acids is 1. The predicted molar refractivity (Wildman–Crippen MR) is 92.9 cm³/mol. The van der Waals surface area contributed by atoms with Crippen LogP contribution in [0, 0.1) is 0 Å². The molecule has 0 fully saturated rings. The molecule has 2 N–H and O–H groups in total. The molecular weight excluding hydrogens is 352 g/mol. The predicted octanol–water partition coefficient (Wildman–Crippen LogP) is 2.66. The minimum Gasteiger partial charge on any atom is -0.491 e. The number of hydrogen-bond donors (Lipinski definition) is 2. The lowest BCUT2D eigenvalue weighted by Gasteiger charge is -2.10. The summed E-state index contributed by atoms with van der Waals surface area (Å²) in [5.74, 6) is 0.276. The van der Waals surface area contributed by atoms with Crippen molar-refractivity contribution in [1.82, 2.24) is 4.72 Å². The molecule has 128 valence electrons. The first-order chi connectivity index (χ1) is 11.4. The number of sulfonamides is 1. The van der Waals surface area contributed by atoms with Gasteiger partial charge in [-0.25, -0.2) is 13.1 Å². The number of halogens is 1. The van der Waals surface area contributed by atoms with Crippen LogP contribution >= 0.6 is 11.6 Å². The van der Waals surface area contributed by atoms with Crippen molar-refractivity contribution in [3.63, 3.8) is 0 Å². The van der Waals surface area contributed by atoms with E-state index in [1.807, 2.05) is 0 Å². The molecule has 0 saturated heterocycles. The van der Waals surface area contributed by atoms with Crippen LogP contribution in [0.5, 0.6) is 5.75 Å². The fraction of sp³-hybridized carbons (Fsp3) is 0.188. The van der Waals surface area contributed by atoms with E-state index in [0.29, 0.717) is 16.5 Å². The largest absolute Gasteiger partial charge is 0.491 e. The van der Waals surface area contributed by atoms with Crippen LogP contribution in [0.1, 0.15) is 6.92 Å². The van der Waals surface area contributed by atoms with Crippen LogP contribution in [0.15, 0.2) is 53.4 Å². The third-order valence-electron chi connectivity index (χ3n) is 2.97. The van der Waals surface area contributed by atoms with Crippen LogP contribution in [0.25, 0.3) is 0 Å². The normalized spacial score (nSPS) is 11.1. The van der Waals surface area contributed by atoms with E-state index in [1.165, 1.54) is 31.2 Å². The van der Waals surface area contributed by atoms with E-state index in [4.69, 9.17) is 16.3 Å². The van der Waals surface area contributed by atoms with Gasteiger partial charge in [0.1, 0.15) is 12.4 Å². The molecule has 0 saturated carbocycles. The lowest BCUT2D eigenvalue weighted by molar-refractivity contribution is -0.114. The number of ether oxygens (including phenoxy) is 1. The minimum atomic E-state index is -3.65. The smallest absolute Gasteiger partial charge is 0.240 e. The molecule has 6 nitrogen and oxygen atoms in total. The lowest BCUT2D eigenvalue weighted by atomic mass is 10.3. The second-order valence-electron chi connectivity index (χ2n) is 4.88. The Labute approximate surface area is 145 Å². The Kier molecular flexibility index (Phi) is 6.19. The summed E-state index contributed by atoms with van der Waals surface area (Å²) < 4.78 is 32.2. The Morgan fingerprint density at radius 2 is 1.79 bits per heavy atom. The van der Waals surface area contributed by atoms with Crippen LogP contribution < -0.4 is 14.8 Å². The second kappa shape index (κ2) is 8.14. The fourth-order valence-electron chi connectivity index (χ4n) is 1.90. The molecule has 0 radical (unpaired) electrons.